The van der Waals surface area contributed by atoms with E-state index in [4.69, 9.17) is 22.1 Å². The fraction of sp³-hybridized carbons (Fsp3) is 0.182. The molecule has 0 aliphatic rings. The summed E-state index contributed by atoms with van der Waals surface area (Å²) in [7, 11) is 3.60. The third-order valence-corrected chi connectivity index (χ3v) is 2.97. The van der Waals surface area contributed by atoms with Crippen molar-refractivity contribution in [2.24, 2.45) is 0 Å². The molecule has 0 bridgehead atoms. The van der Waals surface area contributed by atoms with Gasteiger partial charge in [0.05, 0.1) is 4.47 Å². The van der Waals surface area contributed by atoms with Crippen LogP contribution in [-0.4, -0.2) is 29.0 Å². The van der Waals surface area contributed by atoms with Crippen LogP contribution < -0.4 is 15.4 Å². The molecule has 6 nitrogen and oxygen atoms in total. The molecule has 1 aromatic carbocycles. The lowest BCUT2D eigenvalue weighted by molar-refractivity contribution is 0.438. The Balaban J connectivity index is 2.32. The van der Waals surface area contributed by atoms with Gasteiger partial charge in [0.15, 0.2) is 0 Å². The van der Waals surface area contributed by atoms with Crippen LogP contribution in [0.25, 0.3) is 0 Å². The summed E-state index contributed by atoms with van der Waals surface area (Å²) in [6, 6.07) is 5.26. The van der Waals surface area contributed by atoms with E-state index in [1.807, 2.05) is 0 Å². The van der Waals surface area contributed by atoms with E-state index < -0.39 is 0 Å². The lowest BCUT2D eigenvalue weighted by atomic mass is 10.3. The molecule has 0 fully saturated rings. The SMILES string of the molecule is CN(C)c1nc(N)nc(Oc2ccc(Cl)cc2Br)n1. The van der Waals surface area contributed by atoms with Crippen molar-refractivity contribution < 1.29 is 4.74 Å². The Morgan fingerprint density at radius 3 is 2.63 bits per heavy atom. The lowest BCUT2D eigenvalue weighted by Gasteiger charge is -2.12. The fourth-order valence-corrected chi connectivity index (χ4v) is 2.03. The molecule has 0 atom stereocenters. The van der Waals surface area contributed by atoms with Crippen LogP contribution >= 0.6 is 27.5 Å². The van der Waals surface area contributed by atoms with Crippen molar-refractivity contribution in [2.45, 2.75) is 0 Å². The number of benzene rings is 1. The van der Waals surface area contributed by atoms with Crippen LogP contribution in [0.5, 0.6) is 11.8 Å². The zero-order valence-electron chi connectivity index (χ0n) is 10.3. The molecule has 0 amide bonds. The highest BCUT2D eigenvalue weighted by atomic mass is 79.9. The van der Waals surface area contributed by atoms with Gasteiger partial charge in [-0.05, 0) is 34.1 Å². The van der Waals surface area contributed by atoms with E-state index >= 15 is 0 Å². The first-order valence-corrected chi connectivity index (χ1v) is 6.44. The van der Waals surface area contributed by atoms with Crippen LogP contribution in [0.3, 0.4) is 0 Å². The van der Waals surface area contributed by atoms with E-state index in [9.17, 15) is 0 Å². The molecule has 1 aromatic heterocycles. The topological polar surface area (TPSA) is 77.2 Å². The average Bonchev–Trinajstić information content (AvgIpc) is 2.32. The summed E-state index contributed by atoms with van der Waals surface area (Å²) in [4.78, 5) is 13.8. The van der Waals surface area contributed by atoms with Gasteiger partial charge in [-0.3, -0.25) is 0 Å². The summed E-state index contributed by atoms with van der Waals surface area (Å²) in [6.45, 7) is 0. The summed E-state index contributed by atoms with van der Waals surface area (Å²) >= 11 is 9.21. The van der Waals surface area contributed by atoms with Crippen molar-refractivity contribution in [1.82, 2.24) is 15.0 Å². The summed E-state index contributed by atoms with van der Waals surface area (Å²) in [5.41, 5.74) is 5.61. The molecule has 0 saturated heterocycles. The van der Waals surface area contributed by atoms with Crippen LogP contribution in [0.15, 0.2) is 22.7 Å². The van der Waals surface area contributed by atoms with Crippen LogP contribution in [0.2, 0.25) is 5.02 Å². The van der Waals surface area contributed by atoms with Crippen LogP contribution in [-0.2, 0) is 0 Å². The number of ether oxygens (including phenoxy) is 1. The molecule has 0 aliphatic carbocycles. The maximum absolute atomic E-state index is 5.86. The van der Waals surface area contributed by atoms with Crippen molar-refractivity contribution in [3.05, 3.63) is 27.7 Å². The molecule has 8 heteroatoms. The zero-order valence-corrected chi connectivity index (χ0v) is 12.6. The number of hydrogen-bond donors (Lipinski definition) is 1. The highest BCUT2D eigenvalue weighted by Gasteiger charge is 2.10. The number of halogens is 2. The fourth-order valence-electron chi connectivity index (χ4n) is 1.26. The van der Waals surface area contributed by atoms with Gasteiger partial charge in [0.1, 0.15) is 5.75 Å². The molecule has 0 spiro atoms. The molecular formula is C11H11BrClN5O. The summed E-state index contributed by atoms with van der Waals surface area (Å²) < 4.78 is 6.26. The van der Waals surface area contributed by atoms with Gasteiger partial charge in [-0.1, -0.05) is 11.6 Å². The normalized spacial score (nSPS) is 10.3. The number of rotatable bonds is 3. The first-order valence-electron chi connectivity index (χ1n) is 5.27. The van der Waals surface area contributed by atoms with E-state index in [1.165, 1.54) is 0 Å². The highest BCUT2D eigenvalue weighted by molar-refractivity contribution is 9.10. The molecule has 2 rings (SSSR count). The van der Waals surface area contributed by atoms with Gasteiger partial charge in [0.2, 0.25) is 11.9 Å². The Hall–Kier alpha value is -1.60. The zero-order chi connectivity index (χ0) is 14.0. The van der Waals surface area contributed by atoms with Crippen LogP contribution in [0, 0.1) is 0 Å². The minimum atomic E-state index is 0.0961. The van der Waals surface area contributed by atoms with Gasteiger partial charge in [-0.15, -0.1) is 0 Å². The Morgan fingerprint density at radius 1 is 1.26 bits per heavy atom. The Kier molecular flexibility index (Phi) is 4.06. The Bertz CT molecular complexity index is 608. The average molecular weight is 345 g/mol. The molecule has 0 radical (unpaired) electrons. The molecule has 100 valence electrons. The smallest absolute Gasteiger partial charge is 0.328 e. The minimum Gasteiger partial charge on any atom is -0.423 e. The summed E-state index contributed by atoms with van der Waals surface area (Å²) in [5.74, 6) is 1.06. The van der Waals surface area contributed by atoms with E-state index in [1.54, 1.807) is 37.2 Å². The third kappa shape index (κ3) is 3.45. The van der Waals surface area contributed by atoms with Crippen LogP contribution in [0.4, 0.5) is 11.9 Å². The quantitative estimate of drug-likeness (QED) is 0.922. The number of nitrogens with two attached hydrogens (primary N) is 1. The lowest BCUT2D eigenvalue weighted by Crippen LogP contribution is -2.15. The van der Waals surface area contributed by atoms with E-state index in [2.05, 4.69) is 30.9 Å². The molecular weight excluding hydrogens is 334 g/mol. The monoisotopic (exact) mass is 343 g/mol. The molecule has 0 saturated carbocycles. The summed E-state index contributed by atoms with van der Waals surface area (Å²) in [6.07, 6.45) is 0. The number of anilines is 2. The molecule has 2 aromatic rings. The molecule has 0 unspecified atom stereocenters. The summed E-state index contributed by atoms with van der Waals surface area (Å²) in [5, 5.41) is 0.600. The van der Waals surface area contributed by atoms with Gasteiger partial charge in [-0.2, -0.15) is 15.0 Å². The van der Waals surface area contributed by atoms with Crippen molar-refractivity contribution in [3.63, 3.8) is 0 Å². The predicted molar refractivity (Wildman–Crippen MR) is 77.8 cm³/mol. The molecule has 19 heavy (non-hydrogen) atoms. The van der Waals surface area contributed by atoms with Crippen LogP contribution in [0.1, 0.15) is 0 Å². The molecule has 2 N–H and O–H groups in total. The Morgan fingerprint density at radius 2 is 2.00 bits per heavy atom. The number of aromatic nitrogens is 3. The number of nitrogens with zero attached hydrogens (tertiary/aromatic N) is 4. The first kappa shape index (κ1) is 13.8. The number of hydrogen-bond acceptors (Lipinski definition) is 6. The largest absolute Gasteiger partial charge is 0.423 e. The van der Waals surface area contributed by atoms with E-state index in [0.29, 0.717) is 21.2 Å². The van der Waals surface area contributed by atoms with Gasteiger partial charge in [0, 0.05) is 19.1 Å². The minimum absolute atomic E-state index is 0.0961. The maximum Gasteiger partial charge on any atom is 0.328 e. The first-order chi connectivity index (χ1) is 8.95. The van der Waals surface area contributed by atoms with Gasteiger partial charge in [0.25, 0.3) is 0 Å². The second-order valence-electron chi connectivity index (χ2n) is 3.85. The third-order valence-electron chi connectivity index (χ3n) is 2.12. The van der Waals surface area contributed by atoms with Gasteiger partial charge < -0.3 is 15.4 Å². The predicted octanol–water partition coefficient (Wildman–Crippen LogP) is 2.73. The second-order valence-corrected chi connectivity index (χ2v) is 5.14. The van der Waals surface area contributed by atoms with E-state index in [-0.39, 0.29) is 12.0 Å². The molecule has 0 aliphatic heterocycles. The van der Waals surface area contributed by atoms with Crippen molar-refractivity contribution in [3.8, 4) is 11.8 Å². The van der Waals surface area contributed by atoms with Crippen molar-refractivity contribution in [1.29, 1.82) is 0 Å². The maximum atomic E-state index is 5.86. The second kappa shape index (κ2) is 5.58. The number of nitrogen functional groups attached to an aromatic ring is 1. The van der Waals surface area contributed by atoms with Crippen molar-refractivity contribution in [2.75, 3.05) is 24.7 Å². The van der Waals surface area contributed by atoms with Gasteiger partial charge in [-0.25, -0.2) is 0 Å². The standard InChI is InChI=1S/C11H11BrClN5O/c1-18(2)10-15-9(14)16-11(17-10)19-8-4-3-6(13)5-7(8)12/h3-5H,1-2H3,(H2,14,15,16,17). The highest BCUT2D eigenvalue weighted by Crippen LogP contribution is 2.31. The Labute approximate surface area is 123 Å². The van der Waals surface area contributed by atoms with Crippen molar-refractivity contribution >= 4 is 39.4 Å². The van der Waals surface area contributed by atoms with Gasteiger partial charge >= 0.3 is 6.01 Å². The van der Waals surface area contributed by atoms with E-state index in [0.717, 1.165) is 0 Å². The molecule has 1 heterocycles.